The second-order valence-electron chi connectivity index (χ2n) is 4.12. The van der Waals surface area contributed by atoms with Gasteiger partial charge in [-0.25, -0.2) is 9.97 Å². The lowest BCUT2D eigenvalue weighted by atomic mass is 10.1. The summed E-state index contributed by atoms with van der Waals surface area (Å²) in [4.78, 5) is 7.95. The predicted molar refractivity (Wildman–Crippen MR) is 65.2 cm³/mol. The van der Waals surface area contributed by atoms with Gasteiger partial charge in [0.25, 0.3) is 0 Å². The quantitative estimate of drug-likeness (QED) is 0.814. The third-order valence-electron chi connectivity index (χ3n) is 2.64. The van der Waals surface area contributed by atoms with Gasteiger partial charge in [-0.1, -0.05) is 25.1 Å². The summed E-state index contributed by atoms with van der Waals surface area (Å²) in [6.45, 7) is 1.67. The van der Waals surface area contributed by atoms with Gasteiger partial charge in [-0.05, 0) is 18.2 Å². The summed E-state index contributed by atoms with van der Waals surface area (Å²) in [7, 11) is 0. The molecule has 100 valence electrons. The molecule has 0 spiro atoms. The van der Waals surface area contributed by atoms with Crippen molar-refractivity contribution >= 4 is 0 Å². The van der Waals surface area contributed by atoms with Crippen LogP contribution in [0, 0.1) is 0 Å². The van der Waals surface area contributed by atoms with Gasteiger partial charge in [-0.3, -0.25) is 0 Å². The molecule has 0 fully saturated rings. The molecule has 0 saturated carbocycles. The average Bonchev–Trinajstić information content (AvgIpc) is 2.38. The van der Waals surface area contributed by atoms with Crippen molar-refractivity contribution in [2.24, 2.45) is 0 Å². The Morgan fingerprint density at radius 1 is 1.11 bits per heavy atom. The van der Waals surface area contributed by atoms with E-state index in [2.05, 4.69) is 9.97 Å². The van der Waals surface area contributed by atoms with Crippen LogP contribution in [0.2, 0.25) is 0 Å². The van der Waals surface area contributed by atoms with E-state index in [0.29, 0.717) is 17.0 Å². The maximum Gasteiger partial charge on any atom is 0.416 e. The van der Waals surface area contributed by atoms with Gasteiger partial charge in [0.05, 0.1) is 11.3 Å². The highest BCUT2D eigenvalue weighted by Gasteiger charge is 2.29. The van der Waals surface area contributed by atoms with Crippen molar-refractivity contribution in [3.63, 3.8) is 0 Å². The highest BCUT2D eigenvalue weighted by atomic mass is 19.4. The number of alkyl halides is 3. The molecule has 3 nitrogen and oxygen atoms in total. The van der Waals surface area contributed by atoms with Gasteiger partial charge < -0.3 is 5.73 Å². The Morgan fingerprint density at radius 2 is 1.74 bits per heavy atom. The van der Waals surface area contributed by atoms with Crippen molar-refractivity contribution in [2.75, 3.05) is 0 Å². The van der Waals surface area contributed by atoms with E-state index in [1.165, 1.54) is 18.5 Å². The first kappa shape index (κ1) is 13.5. The predicted octanol–water partition coefficient (Wildman–Crippen LogP) is 4.28. The van der Waals surface area contributed by atoms with Crippen molar-refractivity contribution in [3.05, 3.63) is 53.7 Å². The molecule has 1 heterocycles. The standard InChI is InChI=1S/C13H11F3N3/c1-8(17)11-6-12(19-7-18-11)9-2-4-10(5-3-9)13(14,15)16/h2-8,17H,1H3/q-1. The van der Waals surface area contributed by atoms with Crippen molar-refractivity contribution in [1.29, 1.82) is 0 Å². The zero-order chi connectivity index (χ0) is 14.0. The number of aromatic nitrogens is 2. The average molecular weight is 266 g/mol. The Morgan fingerprint density at radius 3 is 2.26 bits per heavy atom. The maximum atomic E-state index is 12.4. The van der Waals surface area contributed by atoms with Crippen LogP contribution in [0.3, 0.4) is 0 Å². The van der Waals surface area contributed by atoms with Crippen LogP contribution in [0.4, 0.5) is 13.2 Å². The molecule has 1 unspecified atom stereocenters. The third kappa shape index (κ3) is 3.08. The second kappa shape index (κ2) is 4.97. The molecule has 6 heteroatoms. The van der Waals surface area contributed by atoms with Crippen molar-refractivity contribution in [1.82, 2.24) is 9.97 Å². The Kier molecular flexibility index (Phi) is 3.53. The molecular weight excluding hydrogens is 255 g/mol. The Hall–Kier alpha value is -1.95. The summed E-state index contributed by atoms with van der Waals surface area (Å²) in [5, 5.41) is 0. The minimum Gasteiger partial charge on any atom is -0.670 e. The molecule has 19 heavy (non-hydrogen) atoms. The summed E-state index contributed by atoms with van der Waals surface area (Å²) in [6, 6.07) is 5.87. The van der Waals surface area contributed by atoms with Gasteiger partial charge in [0.1, 0.15) is 6.33 Å². The highest BCUT2D eigenvalue weighted by Crippen LogP contribution is 2.30. The van der Waals surface area contributed by atoms with Crippen LogP contribution in [0.5, 0.6) is 0 Å². The first-order valence-electron chi connectivity index (χ1n) is 5.58. The Labute approximate surface area is 108 Å². The van der Waals surface area contributed by atoms with Crippen LogP contribution in [-0.2, 0) is 6.18 Å². The number of halogens is 3. The zero-order valence-electron chi connectivity index (χ0n) is 10.1. The van der Waals surface area contributed by atoms with Crippen LogP contribution in [0.15, 0.2) is 36.7 Å². The molecule has 0 bridgehead atoms. The fourth-order valence-electron chi connectivity index (χ4n) is 1.60. The lowest BCUT2D eigenvalue weighted by molar-refractivity contribution is -0.137. The fourth-order valence-corrected chi connectivity index (χ4v) is 1.60. The zero-order valence-corrected chi connectivity index (χ0v) is 10.1. The molecule has 1 aromatic heterocycles. The van der Waals surface area contributed by atoms with E-state index < -0.39 is 17.8 Å². The highest BCUT2D eigenvalue weighted by molar-refractivity contribution is 5.59. The van der Waals surface area contributed by atoms with E-state index in [1.807, 2.05) is 0 Å². The van der Waals surface area contributed by atoms with Crippen LogP contribution >= 0.6 is 0 Å². The van der Waals surface area contributed by atoms with Gasteiger partial charge in [-0.2, -0.15) is 13.2 Å². The molecule has 0 aliphatic carbocycles. The van der Waals surface area contributed by atoms with Crippen LogP contribution in [0.1, 0.15) is 24.2 Å². The lowest BCUT2D eigenvalue weighted by Gasteiger charge is -2.13. The first-order chi connectivity index (χ1) is 8.88. The Balaban J connectivity index is 2.35. The fraction of sp³-hybridized carbons (Fsp3) is 0.231. The van der Waals surface area contributed by atoms with E-state index in [4.69, 9.17) is 5.73 Å². The van der Waals surface area contributed by atoms with Gasteiger partial charge in [-0.15, -0.1) is 0 Å². The molecule has 1 atom stereocenters. The summed E-state index contributed by atoms with van der Waals surface area (Å²) in [6.07, 6.45) is -3.03. The SMILES string of the molecule is CC([NH-])c1cc(-c2ccc(C(F)(F)F)cc2)ncn1. The molecule has 0 radical (unpaired) electrons. The van der Waals surface area contributed by atoms with Crippen LogP contribution in [-0.4, -0.2) is 9.97 Å². The van der Waals surface area contributed by atoms with Gasteiger partial charge in [0, 0.05) is 11.3 Å². The van der Waals surface area contributed by atoms with Gasteiger partial charge in [0.15, 0.2) is 0 Å². The minimum atomic E-state index is -4.34. The summed E-state index contributed by atoms with van der Waals surface area (Å²) < 4.78 is 37.3. The van der Waals surface area contributed by atoms with Crippen molar-refractivity contribution < 1.29 is 13.2 Å². The smallest absolute Gasteiger partial charge is 0.416 e. The monoisotopic (exact) mass is 266 g/mol. The number of nitrogens with one attached hydrogen (secondary N) is 1. The van der Waals surface area contributed by atoms with Crippen LogP contribution < -0.4 is 0 Å². The lowest BCUT2D eigenvalue weighted by Crippen LogP contribution is -2.04. The van der Waals surface area contributed by atoms with Crippen molar-refractivity contribution in [3.8, 4) is 11.3 Å². The van der Waals surface area contributed by atoms with Crippen LogP contribution in [0.25, 0.3) is 17.0 Å². The maximum absolute atomic E-state index is 12.4. The molecule has 2 aromatic rings. The molecule has 2 rings (SSSR count). The third-order valence-corrected chi connectivity index (χ3v) is 2.64. The molecule has 0 aliphatic rings. The largest absolute Gasteiger partial charge is 0.670 e. The number of nitrogens with zero attached hydrogens (tertiary/aromatic N) is 2. The number of hydrogen-bond donors (Lipinski definition) is 0. The number of rotatable bonds is 2. The second-order valence-corrected chi connectivity index (χ2v) is 4.12. The molecule has 0 amide bonds. The van der Waals surface area contributed by atoms with Gasteiger partial charge >= 0.3 is 6.18 Å². The summed E-state index contributed by atoms with van der Waals surface area (Å²) in [5.41, 5.74) is 8.47. The van der Waals surface area contributed by atoms with E-state index in [1.54, 1.807) is 13.0 Å². The van der Waals surface area contributed by atoms with Gasteiger partial charge in [0.2, 0.25) is 0 Å². The minimum absolute atomic E-state index is 0.504. The van der Waals surface area contributed by atoms with Crippen molar-refractivity contribution in [2.45, 2.75) is 19.1 Å². The normalized spacial score (nSPS) is 13.3. The van der Waals surface area contributed by atoms with E-state index >= 15 is 0 Å². The topological polar surface area (TPSA) is 49.6 Å². The molecule has 0 saturated heterocycles. The number of hydrogen-bond acceptors (Lipinski definition) is 2. The van der Waals surface area contributed by atoms with E-state index in [9.17, 15) is 13.2 Å². The molecule has 1 N–H and O–H groups in total. The Bertz CT molecular complexity index is 562. The molecule has 1 aromatic carbocycles. The number of benzene rings is 1. The summed E-state index contributed by atoms with van der Waals surface area (Å²) in [5.74, 6) is 0. The van der Waals surface area contributed by atoms with E-state index in [0.717, 1.165) is 12.1 Å². The summed E-state index contributed by atoms with van der Waals surface area (Å²) >= 11 is 0. The molecular formula is C13H11F3N3-. The molecule has 0 aliphatic heterocycles. The first-order valence-corrected chi connectivity index (χ1v) is 5.58. The van der Waals surface area contributed by atoms with E-state index in [-0.39, 0.29) is 0 Å².